The zero-order valence-electron chi connectivity index (χ0n) is 10.2. The normalized spacial score (nSPS) is 13.1. The fraction of sp³-hybridized carbons (Fsp3) is 0.500. The molecule has 0 aliphatic carbocycles. The van der Waals surface area contributed by atoms with Crippen LogP contribution in [0.3, 0.4) is 0 Å². The van der Waals surface area contributed by atoms with Gasteiger partial charge in [-0.25, -0.2) is 4.39 Å². The Morgan fingerprint density at radius 2 is 2.18 bits per heavy atom. The van der Waals surface area contributed by atoms with Crippen LogP contribution in [0, 0.1) is 5.82 Å². The van der Waals surface area contributed by atoms with E-state index in [9.17, 15) is 4.39 Å². The van der Waals surface area contributed by atoms with Crippen molar-refractivity contribution in [2.45, 2.75) is 18.9 Å². The molecule has 1 aromatic rings. The average Bonchev–Trinajstić information content (AvgIpc) is 2.26. The molecule has 1 atom stereocenters. The van der Waals surface area contributed by atoms with Crippen molar-refractivity contribution in [3.05, 3.63) is 34.6 Å². The second-order valence-electron chi connectivity index (χ2n) is 4.40. The molecule has 0 amide bonds. The van der Waals surface area contributed by atoms with E-state index in [1.54, 1.807) is 6.07 Å². The second kappa shape index (κ2) is 6.91. The van der Waals surface area contributed by atoms with Crippen LogP contribution in [0.15, 0.2) is 18.2 Å². The highest BCUT2D eigenvalue weighted by Crippen LogP contribution is 2.19. The van der Waals surface area contributed by atoms with Crippen LogP contribution in [0.2, 0.25) is 5.02 Å². The van der Waals surface area contributed by atoms with Gasteiger partial charge in [0.2, 0.25) is 0 Å². The Labute approximate surface area is 107 Å². The first-order valence-corrected chi connectivity index (χ1v) is 5.95. The summed E-state index contributed by atoms with van der Waals surface area (Å²) in [6, 6.07) is 4.59. The van der Waals surface area contributed by atoms with Gasteiger partial charge in [-0.3, -0.25) is 11.3 Å². The molecular weight excluding hydrogens is 241 g/mol. The van der Waals surface area contributed by atoms with Crippen LogP contribution in [0.4, 0.5) is 4.39 Å². The largest absolute Gasteiger partial charge is 0.309 e. The third-order valence-corrected chi connectivity index (χ3v) is 2.99. The molecule has 5 heteroatoms. The van der Waals surface area contributed by atoms with Gasteiger partial charge in [0.15, 0.2) is 0 Å². The Balaban J connectivity index is 2.60. The maximum absolute atomic E-state index is 12.9. The molecule has 3 N–H and O–H groups in total. The van der Waals surface area contributed by atoms with Gasteiger partial charge in [-0.05, 0) is 51.2 Å². The van der Waals surface area contributed by atoms with Crippen LogP contribution < -0.4 is 11.3 Å². The lowest BCUT2D eigenvalue weighted by Gasteiger charge is -2.19. The molecule has 0 radical (unpaired) electrons. The van der Waals surface area contributed by atoms with E-state index in [0.717, 1.165) is 18.5 Å². The third kappa shape index (κ3) is 5.00. The van der Waals surface area contributed by atoms with E-state index in [-0.39, 0.29) is 11.9 Å². The fourth-order valence-electron chi connectivity index (χ4n) is 1.61. The lowest BCUT2D eigenvalue weighted by atomic mass is 10.0. The van der Waals surface area contributed by atoms with Crippen molar-refractivity contribution in [2.75, 3.05) is 20.6 Å². The highest BCUT2D eigenvalue weighted by Gasteiger charge is 2.11. The first kappa shape index (κ1) is 14.4. The summed E-state index contributed by atoms with van der Waals surface area (Å²) >= 11 is 5.97. The number of nitrogens with two attached hydrogens (primary N) is 1. The molecule has 0 aliphatic rings. The van der Waals surface area contributed by atoms with Crippen molar-refractivity contribution in [2.24, 2.45) is 5.84 Å². The number of hydrogen-bond acceptors (Lipinski definition) is 3. The molecule has 17 heavy (non-hydrogen) atoms. The summed E-state index contributed by atoms with van der Waals surface area (Å²) < 4.78 is 12.9. The van der Waals surface area contributed by atoms with Crippen molar-refractivity contribution in [3.8, 4) is 0 Å². The molecule has 96 valence electrons. The SMILES string of the molecule is CN(C)CCC(Cc1ccc(F)cc1Cl)NN. The average molecular weight is 260 g/mol. The molecule has 3 nitrogen and oxygen atoms in total. The topological polar surface area (TPSA) is 41.3 Å². The first-order chi connectivity index (χ1) is 8.02. The lowest BCUT2D eigenvalue weighted by Crippen LogP contribution is -2.38. The second-order valence-corrected chi connectivity index (χ2v) is 4.80. The zero-order valence-corrected chi connectivity index (χ0v) is 11.0. The Hall–Kier alpha value is -0.680. The summed E-state index contributed by atoms with van der Waals surface area (Å²) in [5.41, 5.74) is 3.68. The fourth-order valence-corrected chi connectivity index (χ4v) is 1.86. The third-order valence-electron chi connectivity index (χ3n) is 2.64. The molecule has 0 saturated carbocycles. The van der Waals surface area contributed by atoms with Crippen LogP contribution in [0.5, 0.6) is 0 Å². The van der Waals surface area contributed by atoms with Crippen molar-refractivity contribution in [1.29, 1.82) is 0 Å². The molecule has 1 rings (SSSR count). The predicted molar refractivity (Wildman–Crippen MR) is 69.4 cm³/mol. The smallest absolute Gasteiger partial charge is 0.124 e. The van der Waals surface area contributed by atoms with E-state index in [2.05, 4.69) is 10.3 Å². The first-order valence-electron chi connectivity index (χ1n) is 5.57. The molecule has 0 aromatic heterocycles. The van der Waals surface area contributed by atoms with E-state index in [1.807, 2.05) is 14.1 Å². The van der Waals surface area contributed by atoms with Gasteiger partial charge < -0.3 is 4.90 Å². The summed E-state index contributed by atoms with van der Waals surface area (Å²) in [4.78, 5) is 2.09. The van der Waals surface area contributed by atoms with Crippen molar-refractivity contribution < 1.29 is 4.39 Å². The number of nitrogens with one attached hydrogen (secondary N) is 1. The summed E-state index contributed by atoms with van der Waals surface area (Å²) in [6.45, 7) is 0.938. The van der Waals surface area contributed by atoms with Gasteiger partial charge in [0.05, 0.1) is 0 Å². The Morgan fingerprint density at radius 1 is 1.47 bits per heavy atom. The van der Waals surface area contributed by atoms with Gasteiger partial charge in [-0.15, -0.1) is 0 Å². The summed E-state index contributed by atoms with van der Waals surface area (Å²) in [6.07, 6.45) is 1.61. The maximum atomic E-state index is 12.9. The summed E-state index contributed by atoms with van der Waals surface area (Å²) in [5, 5.41) is 0.454. The number of hydrazine groups is 1. The molecule has 1 unspecified atom stereocenters. The van der Waals surface area contributed by atoms with E-state index in [0.29, 0.717) is 11.4 Å². The van der Waals surface area contributed by atoms with Crippen molar-refractivity contribution >= 4 is 11.6 Å². The minimum Gasteiger partial charge on any atom is -0.309 e. The predicted octanol–water partition coefficient (Wildman–Crippen LogP) is 1.81. The standard InChI is InChI=1S/C12H19ClFN3/c1-17(2)6-5-11(16-15)7-9-3-4-10(14)8-12(9)13/h3-4,8,11,16H,5-7,15H2,1-2H3. The molecule has 0 spiro atoms. The molecule has 0 fully saturated rings. The van der Waals surface area contributed by atoms with E-state index in [1.165, 1.54) is 12.1 Å². The summed E-state index contributed by atoms with van der Waals surface area (Å²) in [7, 11) is 4.02. The summed E-state index contributed by atoms with van der Waals surface area (Å²) in [5.74, 6) is 5.19. The van der Waals surface area contributed by atoms with Gasteiger partial charge >= 0.3 is 0 Å². The van der Waals surface area contributed by atoms with Crippen LogP contribution in [-0.2, 0) is 6.42 Å². The van der Waals surface area contributed by atoms with Crippen molar-refractivity contribution in [3.63, 3.8) is 0 Å². The van der Waals surface area contributed by atoms with Gasteiger partial charge in [0.1, 0.15) is 5.82 Å². The number of hydrogen-bond donors (Lipinski definition) is 2. The minimum absolute atomic E-state index is 0.139. The Morgan fingerprint density at radius 3 is 2.71 bits per heavy atom. The highest BCUT2D eigenvalue weighted by molar-refractivity contribution is 6.31. The molecule has 0 aliphatic heterocycles. The minimum atomic E-state index is -0.315. The molecular formula is C12H19ClFN3. The Bertz CT molecular complexity index is 358. The molecule has 1 aromatic carbocycles. The van der Waals surface area contributed by atoms with Gasteiger partial charge in [0, 0.05) is 11.1 Å². The van der Waals surface area contributed by atoms with Gasteiger partial charge in [-0.2, -0.15) is 0 Å². The van der Waals surface area contributed by atoms with Crippen LogP contribution >= 0.6 is 11.6 Å². The quantitative estimate of drug-likeness (QED) is 0.605. The lowest BCUT2D eigenvalue weighted by molar-refractivity contribution is 0.358. The van der Waals surface area contributed by atoms with Crippen LogP contribution in [-0.4, -0.2) is 31.6 Å². The monoisotopic (exact) mass is 259 g/mol. The maximum Gasteiger partial charge on any atom is 0.124 e. The number of rotatable bonds is 6. The van der Waals surface area contributed by atoms with Crippen LogP contribution in [0.1, 0.15) is 12.0 Å². The zero-order chi connectivity index (χ0) is 12.8. The number of nitrogens with zero attached hydrogens (tertiary/aromatic N) is 1. The van der Waals surface area contributed by atoms with Gasteiger partial charge in [-0.1, -0.05) is 17.7 Å². The van der Waals surface area contributed by atoms with Gasteiger partial charge in [0.25, 0.3) is 0 Å². The molecule has 0 bridgehead atoms. The number of benzene rings is 1. The van der Waals surface area contributed by atoms with Crippen LogP contribution in [0.25, 0.3) is 0 Å². The molecule has 0 heterocycles. The van der Waals surface area contributed by atoms with Crippen molar-refractivity contribution in [1.82, 2.24) is 10.3 Å². The highest BCUT2D eigenvalue weighted by atomic mass is 35.5. The van der Waals surface area contributed by atoms with E-state index >= 15 is 0 Å². The van der Waals surface area contributed by atoms with E-state index < -0.39 is 0 Å². The Kier molecular flexibility index (Phi) is 5.85. The molecule has 0 saturated heterocycles. The van der Waals surface area contributed by atoms with E-state index in [4.69, 9.17) is 17.4 Å². The number of halogens is 2.